The van der Waals surface area contributed by atoms with Crippen molar-refractivity contribution in [1.82, 2.24) is 15.1 Å². The summed E-state index contributed by atoms with van der Waals surface area (Å²) in [4.78, 5) is 24.9. The van der Waals surface area contributed by atoms with Crippen LogP contribution in [0.2, 0.25) is 0 Å². The van der Waals surface area contributed by atoms with Crippen LogP contribution in [0.5, 0.6) is 0 Å². The zero-order chi connectivity index (χ0) is 15.0. The van der Waals surface area contributed by atoms with Gasteiger partial charge >= 0.3 is 5.97 Å². The lowest BCUT2D eigenvalue weighted by atomic mass is 10.2. The number of rotatable bonds is 4. The van der Waals surface area contributed by atoms with Gasteiger partial charge in [0.15, 0.2) is 5.69 Å². The number of aromatic amines is 1. The third-order valence-electron chi connectivity index (χ3n) is 3.75. The van der Waals surface area contributed by atoms with Crippen LogP contribution in [0.25, 0.3) is 0 Å². The van der Waals surface area contributed by atoms with Crippen LogP contribution in [0.15, 0.2) is 4.47 Å². The second kappa shape index (κ2) is 5.76. The Morgan fingerprint density at radius 1 is 1.48 bits per heavy atom. The summed E-state index contributed by atoms with van der Waals surface area (Å²) in [6.45, 7) is 1.08. The molecule has 8 heteroatoms. The van der Waals surface area contributed by atoms with Crippen molar-refractivity contribution in [3.05, 3.63) is 15.9 Å². The van der Waals surface area contributed by atoms with E-state index >= 15 is 0 Å². The molecule has 1 unspecified atom stereocenters. The Hall–Kier alpha value is -1.41. The van der Waals surface area contributed by atoms with Crippen LogP contribution in [-0.4, -0.2) is 57.9 Å². The molecule has 0 spiro atoms. The van der Waals surface area contributed by atoms with Gasteiger partial charge in [0.1, 0.15) is 0 Å². The normalized spacial score (nSPS) is 22.3. The van der Waals surface area contributed by atoms with Crippen LogP contribution in [-0.2, 0) is 9.53 Å². The summed E-state index contributed by atoms with van der Waals surface area (Å²) in [5, 5.41) is 15.9. The maximum Gasteiger partial charge on any atom is 0.306 e. The van der Waals surface area contributed by atoms with E-state index in [0.29, 0.717) is 24.8 Å². The molecule has 21 heavy (non-hydrogen) atoms. The van der Waals surface area contributed by atoms with E-state index in [-0.39, 0.29) is 18.9 Å². The summed E-state index contributed by atoms with van der Waals surface area (Å²) in [5.74, 6) is -0.646. The molecule has 1 amide bonds. The number of ether oxygens (including phenoxy) is 1. The van der Waals surface area contributed by atoms with Gasteiger partial charge in [-0.15, -0.1) is 0 Å². The van der Waals surface area contributed by atoms with Crippen molar-refractivity contribution in [1.29, 1.82) is 0 Å². The Morgan fingerprint density at radius 3 is 2.90 bits per heavy atom. The van der Waals surface area contributed by atoms with Crippen LogP contribution < -0.4 is 0 Å². The Kier molecular flexibility index (Phi) is 3.99. The van der Waals surface area contributed by atoms with E-state index in [1.807, 2.05) is 0 Å². The number of nitrogens with one attached hydrogen (secondary N) is 1. The number of halogens is 1. The molecule has 2 fully saturated rings. The fourth-order valence-electron chi connectivity index (χ4n) is 2.50. The number of morpholine rings is 1. The number of nitrogens with zero attached hydrogens (tertiary/aromatic N) is 2. The van der Waals surface area contributed by atoms with Crippen molar-refractivity contribution in [3.8, 4) is 0 Å². The highest BCUT2D eigenvalue weighted by Gasteiger charge is 2.33. The van der Waals surface area contributed by atoms with Crippen LogP contribution in [0.4, 0.5) is 0 Å². The molecule has 1 aliphatic carbocycles. The standard InChI is InChI=1S/C13H16BrN3O4/c14-10-11(7-1-2-7)15-16-12(10)13(20)17-3-4-21-8(6-17)5-9(18)19/h7-8H,1-6H2,(H,15,16)(H,18,19). The molecule has 0 bridgehead atoms. The van der Waals surface area contributed by atoms with Gasteiger partial charge in [0.25, 0.3) is 5.91 Å². The summed E-state index contributed by atoms with van der Waals surface area (Å²) in [7, 11) is 0. The van der Waals surface area contributed by atoms with Gasteiger partial charge in [0.05, 0.1) is 29.3 Å². The van der Waals surface area contributed by atoms with Gasteiger partial charge in [-0.2, -0.15) is 5.10 Å². The van der Waals surface area contributed by atoms with Gasteiger partial charge in [0.2, 0.25) is 0 Å². The molecule has 114 valence electrons. The van der Waals surface area contributed by atoms with E-state index < -0.39 is 12.1 Å². The van der Waals surface area contributed by atoms with Crippen molar-refractivity contribution in [2.75, 3.05) is 19.7 Å². The molecule has 1 aromatic heterocycles. The van der Waals surface area contributed by atoms with Crippen molar-refractivity contribution >= 4 is 27.8 Å². The molecule has 3 rings (SSSR count). The molecular weight excluding hydrogens is 342 g/mol. The lowest BCUT2D eigenvalue weighted by molar-refractivity contribution is -0.141. The van der Waals surface area contributed by atoms with E-state index in [0.717, 1.165) is 23.0 Å². The Labute approximate surface area is 129 Å². The highest BCUT2D eigenvalue weighted by atomic mass is 79.9. The molecule has 2 aliphatic rings. The number of hydrogen-bond donors (Lipinski definition) is 2. The molecule has 1 saturated heterocycles. The third-order valence-corrected chi connectivity index (χ3v) is 4.55. The van der Waals surface area contributed by atoms with Crippen LogP contribution in [0.1, 0.15) is 41.4 Å². The first kappa shape index (κ1) is 14.5. The van der Waals surface area contributed by atoms with E-state index in [1.165, 1.54) is 0 Å². The fraction of sp³-hybridized carbons (Fsp3) is 0.615. The number of amides is 1. The zero-order valence-electron chi connectivity index (χ0n) is 11.3. The second-order valence-corrected chi connectivity index (χ2v) is 6.21. The average molecular weight is 358 g/mol. The van der Waals surface area contributed by atoms with Crippen molar-refractivity contribution in [2.45, 2.75) is 31.3 Å². The fourth-order valence-corrected chi connectivity index (χ4v) is 3.17. The van der Waals surface area contributed by atoms with E-state index in [1.54, 1.807) is 4.90 Å². The lowest BCUT2D eigenvalue weighted by Gasteiger charge is -2.31. The molecule has 2 heterocycles. The highest BCUT2D eigenvalue weighted by Crippen LogP contribution is 2.43. The monoisotopic (exact) mass is 357 g/mol. The maximum absolute atomic E-state index is 12.5. The summed E-state index contributed by atoms with van der Waals surface area (Å²) in [6.07, 6.45) is 1.68. The first-order chi connectivity index (χ1) is 10.1. The smallest absolute Gasteiger partial charge is 0.306 e. The van der Waals surface area contributed by atoms with Crippen LogP contribution in [0.3, 0.4) is 0 Å². The first-order valence-corrected chi connectivity index (χ1v) is 7.72. The van der Waals surface area contributed by atoms with Crippen LogP contribution >= 0.6 is 15.9 Å². The quantitative estimate of drug-likeness (QED) is 0.848. The van der Waals surface area contributed by atoms with Gasteiger partial charge in [-0.25, -0.2) is 0 Å². The maximum atomic E-state index is 12.5. The minimum absolute atomic E-state index is 0.0984. The number of H-pyrrole nitrogens is 1. The van der Waals surface area contributed by atoms with E-state index in [9.17, 15) is 9.59 Å². The average Bonchev–Trinajstić information content (AvgIpc) is 3.21. The van der Waals surface area contributed by atoms with Crippen molar-refractivity contribution in [3.63, 3.8) is 0 Å². The second-order valence-electron chi connectivity index (χ2n) is 5.42. The minimum Gasteiger partial charge on any atom is -0.481 e. The molecular formula is C13H16BrN3O4. The zero-order valence-corrected chi connectivity index (χ0v) is 12.9. The van der Waals surface area contributed by atoms with Crippen molar-refractivity contribution < 1.29 is 19.4 Å². The Balaban J connectivity index is 1.70. The number of hydrogen-bond acceptors (Lipinski definition) is 4. The lowest BCUT2D eigenvalue weighted by Crippen LogP contribution is -2.46. The Bertz CT molecular complexity index is 570. The Morgan fingerprint density at radius 2 is 2.24 bits per heavy atom. The molecule has 7 nitrogen and oxygen atoms in total. The van der Waals surface area contributed by atoms with Gasteiger partial charge in [-0.3, -0.25) is 14.7 Å². The summed E-state index contributed by atoms with van der Waals surface area (Å²) >= 11 is 3.45. The van der Waals surface area contributed by atoms with Crippen molar-refractivity contribution in [2.24, 2.45) is 0 Å². The topological polar surface area (TPSA) is 95.5 Å². The third kappa shape index (κ3) is 3.11. The largest absolute Gasteiger partial charge is 0.481 e. The number of aromatic nitrogens is 2. The summed E-state index contributed by atoms with van der Waals surface area (Å²) < 4.78 is 6.11. The van der Waals surface area contributed by atoms with Gasteiger partial charge in [0, 0.05) is 19.0 Å². The number of aliphatic carboxylic acids is 1. The molecule has 2 N–H and O–H groups in total. The van der Waals surface area contributed by atoms with E-state index in [2.05, 4.69) is 26.1 Å². The van der Waals surface area contributed by atoms with Crippen LogP contribution in [0, 0.1) is 0 Å². The van der Waals surface area contributed by atoms with Gasteiger partial charge in [-0.1, -0.05) is 0 Å². The summed E-state index contributed by atoms with van der Waals surface area (Å²) in [6, 6.07) is 0. The molecule has 0 aromatic carbocycles. The van der Waals surface area contributed by atoms with Gasteiger partial charge in [-0.05, 0) is 28.8 Å². The number of carboxylic acid groups (broad SMARTS) is 1. The van der Waals surface area contributed by atoms with Gasteiger partial charge < -0.3 is 14.7 Å². The molecule has 1 atom stereocenters. The predicted molar refractivity (Wildman–Crippen MR) is 76.2 cm³/mol. The molecule has 1 aromatic rings. The van der Waals surface area contributed by atoms with E-state index in [4.69, 9.17) is 9.84 Å². The number of carbonyl (C=O) groups is 2. The SMILES string of the molecule is O=C(O)CC1CN(C(=O)c2n[nH]c(C3CC3)c2Br)CCO1. The number of carbonyl (C=O) groups excluding carboxylic acids is 1. The highest BCUT2D eigenvalue weighted by molar-refractivity contribution is 9.10. The predicted octanol–water partition coefficient (Wildman–Crippen LogP) is 1.37. The molecule has 1 aliphatic heterocycles. The summed E-state index contributed by atoms with van der Waals surface area (Å²) in [5.41, 5.74) is 1.35. The number of carboxylic acids is 1. The molecule has 0 radical (unpaired) electrons. The minimum atomic E-state index is -0.925. The molecule has 1 saturated carbocycles. The first-order valence-electron chi connectivity index (χ1n) is 6.92.